The lowest BCUT2D eigenvalue weighted by Crippen LogP contribution is -2.42. The lowest BCUT2D eigenvalue weighted by molar-refractivity contribution is -0.144. The van der Waals surface area contributed by atoms with E-state index in [-0.39, 0.29) is 36.1 Å². The minimum atomic E-state index is -4.87. The predicted molar refractivity (Wildman–Crippen MR) is 115 cm³/mol. The number of benzene rings is 1. The fraction of sp³-hybridized carbons (Fsp3) is 0.571. The maximum atomic E-state index is 13.4. The summed E-state index contributed by atoms with van der Waals surface area (Å²) in [7, 11) is -3.35. The topological polar surface area (TPSA) is 90.0 Å². The summed E-state index contributed by atoms with van der Waals surface area (Å²) < 4.78 is 76.7. The highest BCUT2D eigenvalue weighted by atomic mass is 32.2. The molecular weight excluding hydrogens is 483 g/mol. The number of carbonyl (C=O) groups is 2. The minimum absolute atomic E-state index is 0.0729. The Kier molecular flexibility index (Phi) is 7.80. The first-order chi connectivity index (χ1) is 15.5. The number of halogens is 3. The van der Waals surface area contributed by atoms with Crippen LogP contribution in [-0.4, -0.2) is 68.2 Å². The van der Waals surface area contributed by atoms with E-state index in [0.717, 1.165) is 19.2 Å². The second-order valence-corrected chi connectivity index (χ2v) is 10.7. The summed E-state index contributed by atoms with van der Waals surface area (Å²) in [6, 6.07) is 2.82. The molecular formula is C21H24F3NO6S2. The van der Waals surface area contributed by atoms with Crippen molar-refractivity contribution >= 4 is 38.8 Å². The zero-order chi connectivity index (χ0) is 24.4. The number of sulfone groups is 1. The van der Waals surface area contributed by atoms with Crippen LogP contribution in [0.25, 0.3) is 0 Å². The van der Waals surface area contributed by atoms with Crippen molar-refractivity contribution in [1.29, 1.82) is 0 Å². The fourth-order valence-corrected chi connectivity index (χ4v) is 6.45. The number of ether oxygens (including phenoxy) is 2. The first-order valence-corrected chi connectivity index (χ1v) is 12.3. The standard InChI is InChI=1S/C21H24F3NO6S2/c1-30-20(27)16-10-14(33(28,29)18-5-3-2-4-15(18)21(22,23)24)12-25(16)19(32)11-17(26)13-6-8-31-9-7-13/h2-5,13-14,16H,6-12H2,1H3/t14-,16?/m1/s1. The highest BCUT2D eigenvalue weighted by Gasteiger charge is 2.47. The van der Waals surface area contributed by atoms with E-state index < -0.39 is 43.7 Å². The summed E-state index contributed by atoms with van der Waals surface area (Å²) in [5.41, 5.74) is -1.27. The number of ketones is 1. The summed E-state index contributed by atoms with van der Waals surface area (Å²) in [6.07, 6.45) is -4.23. The molecule has 0 saturated carbocycles. The Bertz CT molecular complexity index is 1020. The first kappa shape index (κ1) is 25.6. The lowest BCUT2D eigenvalue weighted by Gasteiger charge is -2.27. The van der Waals surface area contributed by atoms with Crippen LogP contribution in [0.2, 0.25) is 0 Å². The number of rotatable bonds is 6. The molecule has 0 aliphatic carbocycles. The van der Waals surface area contributed by atoms with Gasteiger partial charge in [0.25, 0.3) is 0 Å². The Labute approximate surface area is 195 Å². The minimum Gasteiger partial charge on any atom is -0.467 e. The number of hydrogen-bond acceptors (Lipinski definition) is 7. The number of esters is 1. The zero-order valence-electron chi connectivity index (χ0n) is 17.8. The number of thiocarbonyl (C=S) groups is 1. The van der Waals surface area contributed by atoms with Crippen molar-refractivity contribution < 1.29 is 40.7 Å². The van der Waals surface area contributed by atoms with Gasteiger partial charge in [-0.15, -0.1) is 0 Å². The van der Waals surface area contributed by atoms with Crippen LogP contribution in [0.4, 0.5) is 13.2 Å². The highest BCUT2D eigenvalue weighted by molar-refractivity contribution is 7.92. The largest absolute Gasteiger partial charge is 0.467 e. The van der Waals surface area contributed by atoms with Gasteiger partial charge >= 0.3 is 12.1 Å². The molecule has 3 rings (SSSR count). The second-order valence-electron chi connectivity index (χ2n) is 8.01. The van der Waals surface area contributed by atoms with Gasteiger partial charge in [0, 0.05) is 25.7 Å². The van der Waals surface area contributed by atoms with Gasteiger partial charge in [0.05, 0.1) is 34.2 Å². The second kappa shape index (κ2) is 10.1. The molecule has 2 fully saturated rings. The molecule has 1 unspecified atom stereocenters. The smallest absolute Gasteiger partial charge is 0.417 e. The Morgan fingerprint density at radius 3 is 2.45 bits per heavy atom. The number of carbonyl (C=O) groups excluding carboxylic acids is 2. The van der Waals surface area contributed by atoms with E-state index in [2.05, 4.69) is 0 Å². The number of nitrogens with zero attached hydrogens (tertiary/aromatic N) is 1. The van der Waals surface area contributed by atoms with Crippen molar-refractivity contribution in [1.82, 2.24) is 4.90 Å². The molecule has 2 saturated heterocycles. The van der Waals surface area contributed by atoms with Crippen molar-refractivity contribution in [2.75, 3.05) is 26.9 Å². The molecule has 2 aliphatic heterocycles. The summed E-state index contributed by atoms with van der Waals surface area (Å²) in [5, 5.41) is -1.33. The molecule has 7 nitrogen and oxygen atoms in total. The predicted octanol–water partition coefficient (Wildman–Crippen LogP) is 2.81. The average molecular weight is 508 g/mol. The van der Waals surface area contributed by atoms with Crippen LogP contribution >= 0.6 is 12.2 Å². The van der Waals surface area contributed by atoms with Gasteiger partial charge in [-0.25, -0.2) is 13.2 Å². The van der Waals surface area contributed by atoms with Crippen LogP contribution < -0.4 is 0 Å². The van der Waals surface area contributed by atoms with Crippen LogP contribution in [0.3, 0.4) is 0 Å². The SMILES string of the molecule is COC(=O)C1C[C@@H](S(=O)(=O)c2ccccc2C(F)(F)F)CN1C(=S)CC(=O)C1CCOCC1. The summed E-state index contributed by atoms with van der Waals surface area (Å²) >= 11 is 5.37. The Hall–Kier alpha value is -2.05. The van der Waals surface area contributed by atoms with Crippen LogP contribution in [0, 0.1) is 5.92 Å². The number of Topliss-reactive ketones (excluding diaryl/α,β-unsaturated/α-hetero) is 1. The molecule has 1 aromatic rings. The summed E-state index contributed by atoms with van der Waals surface area (Å²) in [5.74, 6) is -1.15. The molecule has 2 heterocycles. The quantitative estimate of drug-likeness (QED) is 0.429. The van der Waals surface area contributed by atoms with Crippen LogP contribution in [-0.2, 0) is 35.1 Å². The van der Waals surface area contributed by atoms with E-state index >= 15 is 0 Å². The molecule has 0 bridgehead atoms. The number of hydrogen-bond donors (Lipinski definition) is 0. The Balaban J connectivity index is 1.85. The first-order valence-electron chi connectivity index (χ1n) is 10.3. The Morgan fingerprint density at radius 2 is 1.85 bits per heavy atom. The third-order valence-corrected chi connectivity index (χ3v) is 8.56. The van der Waals surface area contributed by atoms with Crippen molar-refractivity contribution in [2.24, 2.45) is 5.92 Å². The van der Waals surface area contributed by atoms with Gasteiger partial charge < -0.3 is 14.4 Å². The molecule has 2 atom stereocenters. The normalized spacial score (nSPS) is 22.2. The van der Waals surface area contributed by atoms with Crippen molar-refractivity contribution in [3.05, 3.63) is 29.8 Å². The highest BCUT2D eigenvalue weighted by Crippen LogP contribution is 2.38. The molecule has 12 heteroatoms. The van der Waals surface area contributed by atoms with Crippen molar-refractivity contribution in [3.8, 4) is 0 Å². The van der Waals surface area contributed by atoms with Crippen molar-refractivity contribution in [3.63, 3.8) is 0 Å². The monoisotopic (exact) mass is 507 g/mol. The van der Waals surface area contributed by atoms with Crippen LogP contribution in [0.15, 0.2) is 29.2 Å². The maximum absolute atomic E-state index is 13.4. The third kappa shape index (κ3) is 5.55. The molecule has 0 aromatic heterocycles. The molecule has 1 aromatic carbocycles. The fourth-order valence-electron chi connectivity index (χ4n) is 4.20. The average Bonchev–Trinajstić information content (AvgIpc) is 3.25. The van der Waals surface area contributed by atoms with Gasteiger partial charge in [0.2, 0.25) is 0 Å². The molecule has 2 aliphatic rings. The lowest BCUT2D eigenvalue weighted by atomic mass is 9.93. The molecule has 33 heavy (non-hydrogen) atoms. The van der Waals surface area contributed by atoms with Crippen LogP contribution in [0.5, 0.6) is 0 Å². The van der Waals surface area contributed by atoms with E-state index in [4.69, 9.17) is 21.7 Å². The van der Waals surface area contributed by atoms with E-state index in [1.807, 2.05) is 0 Å². The van der Waals surface area contributed by atoms with Gasteiger partial charge in [0.1, 0.15) is 11.8 Å². The molecule has 0 amide bonds. The van der Waals surface area contributed by atoms with E-state index in [9.17, 15) is 31.2 Å². The van der Waals surface area contributed by atoms with Gasteiger partial charge in [0.15, 0.2) is 9.84 Å². The number of likely N-dealkylation sites (tertiary alicyclic amines) is 1. The van der Waals surface area contributed by atoms with E-state index in [1.54, 1.807) is 0 Å². The van der Waals surface area contributed by atoms with Gasteiger partial charge in [-0.1, -0.05) is 24.4 Å². The van der Waals surface area contributed by atoms with Gasteiger partial charge in [-0.2, -0.15) is 13.2 Å². The number of methoxy groups -OCH3 is 1. The summed E-state index contributed by atoms with van der Waals surface area (Å²) in [4.78, 5) is 25.5. The van der Waals surface area contributed by atoms with Gasteiger partial charge in [-0.3, -0.25) is 4.79 Å². The third-order valence-electron chi connectivity index (χ3n) is 6.00. The zero-order valence-corrected chi connectivity index (χ0v) is 19.5. The van der Waals surface area contributed by atoms with Gasteiger partial charge in [-0.05, 0) is 31.4 Å². The Morgan fingerprint density at radius 1 is 1.21 bits per heavy atom. The molecule has 182 valence electrons. The molecule has 0 radical (unpaired) electrons. The van der Waals surface area contributed by atoms with Crippen molar-refractivity contribution in [2.45, 2.75) is 48.0 Å². The van der Waals surface area contributed by atoms with E-state index in [1.165, 1.54) is 11.0 Å². The van der Waals surface area contributed by atoms with E-state index in [0.29, 0.717) is 32.1 Å². The molecule has 0 N–H and O–H groups in total. The number of alkyl halides is 3. The summed E-state index contributed by atoms with van der Waals surface area (Å²) in [6.45, 7) is 0.599. The maximum Gasteiger partial charge on any atom is 0.417 e. The van der Waals surface area contributed by atoms with Crippen LogP contribution in [0.1, 0.15) is 31.2 Å². The molecule has 0 spiro atoms.